The highest BCUT2D eigenvalue weighted by Crippen LogP contribution is 1.94. The molecule has 0 aromatic rings. The van der Waals surface area contributed by atoms with E-state index < -0.39 is 0 Å². The van der Waals surface area contributed by atoms with Crippen molar-refractivity contribution in [1.82, 2.24) is 21.0 Å². The number of hydrazine groups is 1. The van der Waals surface area contributed by atoms with Crippen LogP contribution < -0.4 is 21.8 Å². The molecular formula is C11H27N5. The first kappa shape index (κ1) is 13.9. The third-order valence-corrected chi connectivity index (χ3v) is 2.80. The lowest BCUT2D eigenvalue weighted by Crippen LogP contribution is -2.43. The fraction of sp³-hybridized carbons (Fsp3) is 1.00. The summed E-state index contributed by atoms with van der Waals surface area (Å²) < 4.78 is 0. The van der Waals surface area contributed by atoms with E-state index in [9.17, 15) is 0 Å². The third kappa shape index (κ3) is 7.14. The van der Waals surface area contributed by atoms with Crippen molar-refractivity contribution in [3.05, 3.63) is 0 Å². The Balaban J connectivity index is 2.21. The lowest BCUT2D eigenvalue weighted by atomic mass is 10.2. The molecule has 1 aliphatic rings. The molecule has 0 saturated carbocycles. The Bertz CT molecular complexity index is 148. The van der Waals surface area contributed by atoms with Crippen LogP contribution in [-0.2, 0) is 0 Å². The zero-order valence-electron chi connectivity index (χ0n) is 10.5. The topological polar surface area (TPSA) is 65.3 Å². The zero-order valence-corrected chi connectivity index (χ0v) is 10.5. The van der Waals surface area contributed by atoms with E-state index in [4.69, 9.17) is 5.84 Å². The average molecular weight is 229 g/mol. The van der Waals surface area contributed by atoms with Crippen molar-refractivity contribution < 1.29 is 0 Å². The second-order valence-corrected chi connectivity index (χ2v) is 4.66. The Morgan fingerprint density at radius 1 is 1.00 bits per heavy atom. The van der Waals surface area contributed by atoms with Gasteiger partial charge < -0.3 is 16.0 Å². The molecule has 0 amide bonds. The second kappa shape index (κ2) is 8.90. The van der Waals surface area contributed by atoms with Crippen LogP contribution in [0.2, 0.25) is 0 Å². The molecule has 1 aliphatic heterocycles. The molecule has 16 heavy (non-hydrogen) atoms. The molecule has 0 bridgehead atoms. The summed E-state index contributed by atoms with van der Waals surface area (Å²) in [6.45, 7) is 10.4. The van der Waals surface area contributed by atoms with E-state index in [0.29, 0.717) is 5.92 Å². The largest absolute Gasteiger partial charge is 0.315 e. The molecule has 96 valence electrons. The third-order valence-electron chi connectivity index (χ3n) is 2.80. The Labute approximate surface area is 99.1 Å². The molecule has 0 aromatic carbocycles. The Morgan fingerprint density at radius 3 is 2.50 bits per heavy atom. The van der Waals surface area contributed by atoms with Crippen LogP contribution in [0.25, 0.3) is 0 Å². The smallest absolute Gasteiger partial charge is 0.0254 e. The number of hydrogen-bond acceptors (Lipinski definition) is 5. The summed E-state index contributed by atoms with van der Waals surface area (Å²) in [5, 5.41) is 12.2. The number of rotatable bonds is 0. The molecule has 1 rings (SSSR count). The predicted molar refractivity (Wildman–Crippen MR) is 68.2 cm³/mol. The molecule has 5 heteroatoms. The van der Waals surface area contributed by atoms with E-state index in [1.165, 1.54) is 6.42 Å². The Morgan fingerprint density at radius 2 is 1.69 bits per heavy atom. The van der Waals surface area contributed by atoms with Crippen molar-refractivity contribution in [3.8, 4) is 0 Å². The lowest BCUT2D eigenvalue weighted by Gasteiger charge is -2.22. The number of nitrogens with one attached hydrogen (secondary N) is 3. The van der Waals surface area contributed by atoms with Crippen LogP contribution in [0.4, 0.5) is 0 Å². The molecule has 1 unspecified atom stereocenters. The molecule has 0 aliphatic carbocycles. The maximum absolute atomic E-state index is 5.93. The van der Waals surface area contributed by atoms with Crippen LogP contribution in [0.15, 0.2) is 0 Å². The van der Waals surface area contributed by atoms with Crippen molar-refractivity contribution in [2.24, 2.45) is 11.8 Å². The van der Waals surface area contributed by atoms with Gasteiger partial charge in [-0.25, -0.2) is 5.01 Å². The first-order valence-corrected chi connectivity index (χ1v) is 6.41. The van der Waals surface area contributed by atoms with E-state index in [2.05, 4.69) is 22.9 Å². The molecule has 5 nitrogen and oxygen atoms in total. The van der Waals surface area contributed by atoms with Gasteiger partial charge in [-0.15, -0.1) is 0 Å². The lowest BCUT2D eigenvalue weighted by molar-refractivity contribution is 0.240. The van der Waals surface area contributed by atoms with Gasteiger partial charge in [0, 0.05) is 32.7 Å². The first-order chi connectivity index (χ1) is 7.79. The highest BCUT2D eigenvalue weighted by molar-refractivity contribution is 4.64. The number of nitrogens with two attached hydrogens (primary N) is 1. The van der Waals surface area contributed by atoms with E-state index in [1.54, 1.807) is 0 Å². The van der Waals surface area contributed by atoms with Crippen molar-refractivity contribution in [2.45, 2.75) is 13.3 Å². The van der Waals surface area contributed by atoms with E-state index in [0.717, 1.165) is 52.4 Å². The fourth-order valence-electron chi connectivity index (χ4n) is 1.89. The van der Waals surface area contributed by atoms with Crippen molar-refractivity contribution in [2.75, 3.05) is 52.4 Å². The van der Waals surface area contributed by atoms with Crippen molar-refractivity contribution in [3.63, 3.8) is 0 Å². The van der Waals surface area contributed by atoms with Crippen LogP contribution in [-0.4, -0.2) is 57.4 Å². The maximum atomic E-state index is 5.93. The normalized spacial score (nSPS) is 28.5. The van der Waals surface area contributed by atoms with Crippen LogP contribution >= 0.6 is 0 Å². The van der Waals surface area contributed by atoms with Crippen LogP contribution in [0, 0.1) is 5.92 Å². The fourth-order valence-corrected chi connectivity index (χ4v) is 1.89. The highest BCUT2D eigenvalue weighted by Gasteiger charge is 2.06. The maximum Gasteiger partial charge on any atom is 0.0254 e. The molecule has 1 fully saturated rings. The van der Waals surface area contributed by atoms with E-state index in [-0.39, 0.29) is 0 Å². The van der Waals surface area contributed by atoms with E-state index in [1.807, 2.05) is 5.01 Å². The molecule has 0 spiro atoms. The van der Waals surface area contributed by atoms with Crippen molar-refractivity contribution in [1.29, 1.82) is 0 Å². The summed E-state index contributed by atoms with van der Waals surface area (Å²) in [6, 6.07) is 0. The van der Waals surface area contributed by atoms with Gasteiger partial charge in [-0.05, 0) is 32.0 Å². The number of nitrogens with zero attached hydrogens (tertiary/aromatic N) is 1. The standard InChI is InChI=1S/C11H27N5/c1-11-9-15-6-5-13-3-2-4-14-7-8-16(12)10-11/h11,13-15H,2-10,12H2,1H3. The Hall–Kier alpha value is -0.200. The summed E-state index contributed by atoms with van der Waals surface area (Å²) in [6.07, 6.45) is 1.18. The molecule has 0 aromatic heterocycles. The van der Waals surface area contributed by atoms with Gasteiger partial charge in [0.15, 0.2) is 0 Å². The molecule has 0 radical (unpaired) electrons. The van der Waals surface area contributed by atoms with Gasteiger partial charge in [-0.2, -0.15) is 0 Å². The quantitative estimate of drug-likeness (QED) is 0.400. The Kier molecular flexibility index (Phi) is 7.71. The predicted octanol–water partition coefficient (Wildman–Crippen LogP) is -1.03. The SMILES string of the molecule is CC1CNCCNCCCNCCN(N)C1. The first-order valence-electron chi connectivity index (χ1n) is 6.41. The van der Waals surface area contributed by atoms with E-state index >= 15 is 0 Å². The van der Waals surface area contributed by atoms with Crippen molar-refractivity contribution >= 4 is 0 Å². The van der Waals surface area contributed by atoms with Gasteiger partial charge in [0.05, 0.1) is 0 Å². The minimum absolute atomic E-state index is 0.605. The van der Waals surface area contributed by atoms with Crippen LogP contribution in [0.3, 0.4) is 0 Å². The van der Waals surface area contributed by atoms with Gasteiger partial charge in [-0.1, -0.05) is 6.92 Å². The summed E-state index contributed by atoms with van der Waals surface area (Å²) in [4.78, 5) is 0. The second-order valence-electron chi connectivity index (χ2n) is 4.66. The van der Waals surface area contributed by atoms with Gasteiger partial charge in [0.2, 0.25) is 0 Å². The molecule has 5 N–H and O–H groups in total. The van der Waals surface area contributed by atoms with Crippen LogP contribution in [0.5, 0.6) is 0 Å². The minimum atomic E-state index is 0.605. The van der Waals surface area contributed by atoms with Gasteiger partial charge >= 0.3 is 0 Å². The summed E-state index contributed by atoms with van der Waals surface area (Å²) in [5.74, 6) is 6.53. The minimum Gasteiger partial charge on any atom is -0.315 e. The molecular weight excluding hydrogens is 202 g/mol. The summed E-state index contributed by atoms with van der Waals surface area (Å²) in [5.41, 5.74) is 0. The monoisotopic (exact) mass is 229 g/mol. The van der Waals surface area contributed by atoms with Crippen LogP contribution in [0.1, 0.15) is 13.3 Å². The number of hydrogen-bond donors (Lipinski definition) is 4. The van der Waals surface area contributed by atoms with Gasteiger partial charge in [0.25, 0.3) is 0 Å². The summed E-state index contributed by atoms with van der Waals surface area (Å²) >= 11 is 0. The summed E-state index contributed by atoms with van der Waals surface area (Å²) in [7, 11) is 0. The molecule has 1 heterocycles. The zero-order chi connectivity index (χ0) is 11.6. The van der Waals surface area contributed by atoms with Gasteiger partial charge in [-0.3, -0.25) is 5.84 Å². The molecule has 1 atom stereocenters. The average Bonchev–Trinajstić information content (AvgIpc) is 2.25. The highest BCUT2D eigenvalue weighted by atomic mass is 15.4. The van der Waals surface area contributed by atoms with Gasteiger partial charge in [0.1, 0.15) is 0 Å². The molecule has 1 saturated heterocycles.